The van der Waals surface area contributed by atoms with Crippen LogP contribution in [0.25, 0.3) is 21.5 Å². The maximum Gasteiger partial charge on any atom is 0.170 e. The van der Waals surface area contributed by atoms with Crippen LogP contribution < -0.4 is 10.0 Å². The van der Waals surface area contributed by atoms with E-state index in [0.717, 1.165) is 50.3 Å². The molecule has 3 nitrogen and oxygen atoms in total. The van der Waals surface area contributed by atoms with Crippen molar-refractivity contribution in [3.05, 3.63) is 168 Å². The first kappa shape index (κ1) is 23.3. The molecule has 0 amide bonds. The van der Waals surface area contributed by atoms with Crippen LogP contribution in [0.15, 0.2) is 157 Å². The zero-order chi connectivity index (χ0) is 26.3. The fourth-order valence-electron chi connectivity index (χ4n) is 6.21. The van der Waals surface area contributed by atoms with Gasteiger partial charge in [-0.2, -0.15) is 4.59 Å². The molecule has 1 aliphatic heterocycles. The zero-order valence-electron chi connectivity index (χ0n) is 21.4. The molecule has 0 saturated carbocycles. The molecule has 0 radical (unpaired) electrons. The van der Waals surface area contributed by atoms with Gasteiger partial charge in [0.15, 0.2) is 23.2 Å². The van der Waals surface area contributed by atoms with Crippen molar-refractivity contribution in [3.63, 3.8) is 0 Å². The summed E-state index contributed by atoms with van der Waals surface area (Å²) in [4.78, 5) is 13.1. The van der Waals surface area contributed by atoms with E-state index >= 15 is 0 Å². The summed E-state index contributed by atoms with van der Waals surface area (Å²) in [5.41, 5.74) is 8.00. The number of carbonyl (C=O) groups is 1. The molecule has 0 atom stereocenters. The summed E-state index contributed by atoms with van der Waals surface area (Å²) >= 11 is 0. The summed E-state index contributed by atoms with van der Waals surface area (Å²) < 4.78 is 0.181. The van der Waals surface area contributed by atoms with Crippen LogP contribution in [0.3, 0.4) is 0 Å². The predicted octanol–water partition coefficient (Wildman–Crippen LogP) is 8.18. The summed E-state index contributed by atoms with van der Waals surface area (Å²) in [6, 6.07) is 50.3. The van der Waals surface area contributed by atoms with Crippen molar-refractivity contribution in [1.29, 1.82) is 0 Å². The van der Waals surface area contributed by atoms with Gasteiger partial charge in [0.05, 0.1) is 5.57 Å². The Morgan fingerprint density at radius 2 is 0.949 bits per heavy atom. The maximum atomic E-state index is 13.1. The van der Waals surface area contributed by atoms with Crippen molar-refractivity contribution < 1.29 is 4.79 Å². The molecule has 7 rings (SSSR count). The smallest absolute Gasteiger partial charge is 0.170 e. The van der Waals surface area contributed by atoms with Gasteiger partial charge >= 0.3 is 0 Å². The van der Waals surface area contributed by atoms with E-state index in [4.69, 9.17) is 0 Å². The number of aldehydes is 1. The van der Waals surface area contributed by atoms with Gasteiger partial charge in [-0.05, 0) is 34.0 Å². The van der Waals surface area contributed by atoms with E-state index in [2.05, 4.69) is 121 Å². The third kappa shape index (κ3) is 3.48. The van der Waals surface area contributed by atoms with Crippen LogP contribution in [0.2, 0.25) is 0 Å². The highest BCUT2D eigenvalue weighted by atomic mass is 16.1. The molecule has 6 aromatic rings. The zero-order valence-corrected chi connectivity index (χ0v) is 21.4. The van der Waals surface area contributed by atoms with E-state index in [1.54, 1.807) is 0 Å². The number of fused-ring (bicyclic) bond motifs is 2. The van der Waals surface area contributed by atoms with Gasteiger partial charge < -0.3 is 0 Å². The lowest BCUT2D eigenvalue weighted by molar-refractivity contribution is -0.105. The van der Waals surface area contributed by atoms with Gasteiger partial charge in [0.1, 0.15) is 6.20 Å². The molecule has 6 aromatic carbocycles. The van der Waals surface area contributed by atoms with Crippen LogP contribution in [-0.4, -0.2) is 6.29 Å². The molecule has 0 fully saturated rings. The highest BCUT2D eigenvalue weighted by molar-refractivity contribution is 6.01. The third-order valence-electron chi connectivity index (χ3n) is 7.94. The molecule has 1 N–H and O–H groups in total. The molecular formula is C36H27N2O+. The van der Waals surface area contributed by atoms with E-state index in [0.29, 0.717) is 5.57 Å². The Balaban J connectivity index is 1.63. The Morgan fingerprint density at radius 3 is 1.44 bits per heavy atom. The monoisotopic (exact) mass is 503 g/mol. The number of hydrogen-bond acceptors (Lipinski definition) is 2. The Kier molecular flexibility index (Phi) is 5.48. The minimum Gasteiger partial charge on any atom is -0.298 e. The standard InChI is InChI=1S/C36H27N2O/c39-26-31-25-38(34-23-11-15-27-13-7-9-21-32(27)34,35-24-12-16-28-14-8-10-22-33(28)35)37-36(31,29-17-3-1-4-18-29)30-19-5-2-6-20-30/h1-26,37H/q+1. The van der Waals surface area contributed by atoms with Gasteiger partial charge in [0, 0.05) is 22.9 Å². The molecule has 0 unspecified atom stereocenters. The van der Waals surface area contributed by atoms with E-state index < -0.39 is 5.54 Å². The molecule has 39 heavy (non-hydrogen) atoms. The van der Waals surface area contributed by atoms with Crippen LogP contribution in [0.5, 0.6) is 0 Å². The van der Waals surface area contributed by atoms with Gasteiger partial charge in [-0.3, -0.25) is 4.79 Å². The molecule has 186 valence electrons. The van der Waals surface area contributed by atoms with Crippen LogP contribution >= 0.6 is 0 Å². The van der Waals surface area contributed by atoms with Crippen LogP contribution in [0.1, 0.15) is 11.1 Å². The molecule has 0 aromatic heterocycles. The number of rotatable bonds is 5. The van der Waals surface area contributed by atoms with Gasteiger partial charge in [-0.1, -0.05) is 121 Å². The van der Waals surface area contributed by atoms with E-state index in [1.807, 2.05) is 36.4 Å². The first-order valence-electron chi connectivity index (χ1n) is 13.2. The van der Waals surface area contributed by atoms with E-state index in [9.17, 15) is 4.79 Å². The summed E-state index contributed by atoms with van der Waals surface area (Å²) in [5, 5.41) is 4.54. The van der Waals surface area contributed by atoms with Crippen molar-refractivity contribution in [2.24, 2.45) is 0 Å². The lowest BCUT2D eigenvalue weighted by Gasteiger charge is -2.38. The summed E-state index contributed by atoms with van der Waals surface area (Å²) in [6.45, 7) is 0. The molecule has 0 spiro atoms. The number of benzene rings is 6. The summed E-state index contributed by atoms with van der Waals surface area (Å²) in [7, 11) is 0. The Morgan fingerprint density at radius 1 is 0.513 bits per heavy atom. The quantitative estimate of drug-likeness (QED) is 0.190. The Bertz CT molecular complexity index is 1730. The van der Waals surface area contributed by atoms with Crippen LogP contribution in [0, 0.1) is 0 Å². The van der Waals surface area contributed by atoms with Crippen molar-refractivity contribution in [2.75, 3.05) is 0 Å². The second kappa shape index (κ2) is 9.17. The Labute approximate surface area is 227 Å². The molecule has 1 heterocycles. The fraction of sp³-hybridized carbons (Fsp3) is 0.0278. The first-order chi connectivity index (χ1) is 19.3. The predicted molar refractivity (Wildman–Crippen MR) is 160 cm³/mol. The minimum absolute atomic E-state index is 0.181. The van der Waals surface area contributed by atoms with E-state index in [-0.39, 0.29) is 4.59 Å². The van der Waals surface area contributed by atoms with Gasteiger partial charge in [-0.15, -0.1) is 5.43 Å². The SMILES string of the molecule is O=CC1=C[N+](c2cccc3ccccc23)(c2cccc3ccccc23)NC1(c1ccccc1)c1ccccc1. The molecule has 1 aliphatic rings. The largest absolute Gasteiger partial charge is 0.298 e. The number of quaternary nitrogens is 1. The lowest BCUT2D eigenvalue weighted by atomic mass is 9.79. The minimum atomic E-state index is -0.877. The van der Waals surface area contributed by atoms with Gasteiger partial charge in [-0.25, -0.2) is 0 Å². The summed E-state index contributed by atoms with van der Waals surface area (Å²) in [6.07, 6.45) is 3.12. The second-order valence-electron chi connectivity index (χ2n) is 10.0. The highest BCUT2D eigenvalue weighted by Crippen LogP contribution is 2.51. The van der Waals surface area contributed by atoms with Gasteiger partial charge in [0.2, 0.25) is 0 Å². The Hall–Kier alpha value is -4.83. The average molecular weight is 504 g/mol. The first-order valence-corrected chi connectivity index (χ1v) is 13.2. The molecule has 0 saturated heterocycles. The van der Waals surface area contributed by atoms with Crippen LogP contribution in [0.4, 0.5) is 11.4 Å². The number of nitrogens with one attached hydrogen (secondary N) is 1. The number of hydrogen-bond donors (Lipinski definition) is 1. The highest BCUT2D eigenvalue weighted by Gasteiger charge is 2.55. The molecular weight excluding hydrogens is 476 g/mol. The van der Waals surface area contributed by atoms with Crippen molar-refractivity contribution in [3.8, 4) is 0 Å². The van der Waals surface area contributed by atoms with Crippen molar-refractivity contribution >= 4 is 39.2 Å². The number of nitrogens with zero attached hydrogens (tertiary/aromatic N) is 1. The van der Waals surface area contributed by atoms with Crippen LogP contribution in [-0.2, 0) is 10.3 Å². The average Bonchev–Trinajstić information content (AvgIpc) is 3.39. The van der Waals surface area contributed by atoms with Crippen molar-refractivity contribution in [1.82, 2.24) is 10.0 Å². The molecule has 3 heteroatoms. The van der Waals surface area contributed by atoms with E-state index in [1.165, 1.54) is 0 Å². The summed E-state index contributed by atoms with van der Waals surface area (Å²) in [5.74, 6) is 0. The topological polar surface area (TPSA) is 29.1 Å². The molecule has 0 aliphatic carbocycles. The van der Waals surface area contributed by atoms with Gasteiger partial charge in [0.25, 0.3) is 0 Å². The van der Waals surface area contributed by atoms with Crippen molar-refractivity contribution in [2.45, 2.75) is 5.54 Å². The maximum absolute atomic E-state index is 13.1. The normalized spacial score (nSPS) is 15.7. The number of carbonyl (C=O) groups excluding carboxylic acids is 1. The fourth-order valence-corrected chi connectivity index (χ4v) is 6.21. The molecule has 0 bridgehead atoms. The second-order valence-corrected chi connectivity index (χ2v) is 10.0. The third-order valence-corrected chi connectivity index (χ3v) is 7.94. The lowest BCUT2D eigenvalue weighted by Crippen LogP contribution is -2.56.